The van der Waals surface area contributed by atoms with Crippen LogP contribution in [0.1, 0.15) is 51.6 Å². The molecule has 0 saturated heterocycles. The average Bonchev–Trinajstić information content (AvgIpc) is 2.36. The van der Waals surface area contributed by atoms with Gasteiger partial charge in [-0.15, -0.1) is 0 Å². The largest absolute Gasteiger partial charge is 0.493 e. The van der Waals surface area contributed by atoms with Crippen LogP contribution >= 0.6 is 0 Å². The molecule has 3 nitrogen and oxygen atoms in total. The number of anilines is 1. The lowest BCUT2D eigenvalue weighted by molar-refractivity contribution is 0.413. The van der Waals surface area contributed by atoms with Crippen LogP contribution in [-0.4, -0.2) is 18.1 Å². The SMILES string of the molecule is CCCCC(CCC)Nc1cc(C)ncc1OC. The zero-order chi connectivity index (χ0) is 13.4. The number of pyridine rings is 1. The predicted molar refractivity (Wildman–Crippen MR) is 77.4 cm³/mol. The summed E-state index contributed by atoms with van der Waals surface area (Å²) in [5.74, 6) is 0.832. The van der Waals surface area contributed by atoms with Gasteiger partial charge in [0.05, 0.1) is 19.0 Å². The first-order valence-electron chi connectivity index (χ1n) is 6.98. The fourth-order valence-corrected chi connectivity index (χ4v) is 2.13. The van der Waals surface area contributed by atoms with Crippen LogP contribution in [0.2, 0.25) is 0 Å². The van der Waals surface area contributed by atoms with Gasteiger partial charge in [0.2, 0.25) is 0 Å². The zero-order valence-corrected chi connectivity index (χ0v) is 12.1. The van der Waals surface area contributed by atoms with Crippen LogP contribution in [0.3, 0.4) is 0 Å². The second-order valence-electron chi connectivity index (χ2n) is 4.80. The van der Waals surface area contributed by atoms with Gasteiger partial charge in [-0.2, -0.15) is 0 Å². The van der Waals surface area contributed by atoms with Gasteiger partial charge in [-0.25, -0.2) is 0 Å². The number of methoxy groups -OCH3 is 1. The molecule has 3 heteroatoms. The standard InChI is InChI=1S/C15H26N2O/c1-5-7-9-13(8-6-2)17-14-10-12(3)16-11-15(14)18-4/h10-11,13H,5-9H2,1-4H3,(H,16,17). The summed E-state index contributed by atoms with van der Waals surface area (Å²) in [6.07, 6.45) is 7.92. The number of nitrogens with one attached hydrogen (secondary N) is 1. The Kier molecular flexibility index (Phi) is 6.55. The number of hydrogen-bond donors (Lipinski definition) is 1. The summed E-state index contributed by atoms with van der Waals surface area (Å²) >= 11 is 0. The van der Waals surface area contributed by atoms with Gasteiger partial charge in [0.15, 0.2) is 5.75 Å². The number of hydrogen-bond acceptors (Lipinski definition) is 3. The molecule has 0 radical (unpaired) electrons. The summed E-state index contributed by atoms with van der Waals surface area (Å²) in [4.78, 5) is 4.26. The maximum absolute atomic E-state index is 5.36. The number of rotatable bonds is 8. The van der Waals surface area contributed by atoms with E-state index in [9.17, 15) is 0 Å². The second-order valence-corrected chi connectivity index (χ2v) is 4.80. The molecular weight excluding hydrogens is 224 g/mol. The molecule has 0 amide bonds. The summed E-state index contributed by atoms with van der Waals surface area (Å²) in [7, 11) is 1.69. The van der Waals surface area contributed by atoms with Crippen LogP contribution in [0.4, 0.5) is 5.69 Å². The number of aryl methyl sites for hydroxylation is 1. The normalized spacial score (nSPS) is 12.2. The van der Waals surface area contributed by atoms with Crippen LogP contribution in [0, 0.1) is 6.92 Å². The second kappa shape index (κ2) is 7.96. The maximum atomic E-state index is 5.36. The third kappa shape index (κ3) is 4.55. The van der Waals surface area contributed by atoms with Crippen molar-refractivity contribution in [3.63, 3.8) is 0 Å². The van der Waals surface area contributed by atoms with Crippen LogP contribution in [-0.2, 0) is 0 Å². The summed E-state index contributed by atoms with van der Waals surface area (Å²) < 4.78 is 5.36. The van der Waals surface area contributed by atoms with Gasteiger partial charge in [0, 0.05) is 11.7 Å². The molecule has 0 aliphatic carbocycles. The topological polar surface area (TPSA) is 34.2 Å². The molecule has 0 aliphatic rings. The molecule has 0 fully saturated rings. The van der Waals surface area contributed by atoms with E-state index in [2.05, 4.69) is 30.2 Å². The number of nitrogens with zero attached hydrogens (tertiary/aromatic N) is 1. The number of unbranched alkanes of at least 4 members (excludes halogenated alkanes) is 1. The maximum Gasteiger partial charge on any atom is 0.160 e. The van der Waals surface area contributed by atoms with Crippen molar-refractivity contribution < 1.29 is 4.74 Å². The Labute approximate surface area is 111 Å². The van der Waals surface area contributed by atoms with Crippen molar-refractivity contribution in [2.75, 3.05) is 12.4 Å². The van der Waals surface area contributed by atoms with Gasteiger partial charge in [-0.05, 0) is 25.8 Å². The molecular formula is C15H26N2O. The fourth-order valence-electron chi connectivity index (χ4n) is 2.13. The van der Waals surface area contributed by atoms with E-state index < -0.39 is 0 Å². The highest BCUT2D eigenvalue weighted by atomic mass is 16.5. The Morgan fingerprint density at radius 2 is 2.06 bits per heavy atom. The lowest BCUT2D eigenvalue weighted by Crippen LogP contribution is -2.19. The Morgan fingerprint density at radius 3 is 2.67 bits per heavy atom. The molecule has 1 aromatic heterocycles. The van der Waals surface area contributed by atoms with E-state index >= 15 is 0 Å². The van der Waals surface area contributed by atoms with Gasteiger partial charge >= 0.3 is 0 Å². The predicted octanol–water partition coefficient (Wildman–Crippen LogP) is 4.17. The van der Waals surface area contributed by atoms with Gasteiger partial charge < -0.3 is 10.1 Å². The van der Waals surface area contributed by atoms with Crippen molar-refractivity contribution in [3.8, 4) is 5.75 Å². The van der Waals surface area contributed by atoms with Crippen molar-refractivity contribution in [2.24, 2.45) is 0 Å². The molecule has 1 rings (SSSR count). The van der Waals surface area contributed by atoms with Crippen molar-refractivity contribution in [1.29, 1.82) is 0 Å². The van der Waals surface area contributed by atoms with Gasteiger partial charge in [-0.1, -0.05) is 33.1 Å². The molecule has 1 aromatic rings. The van der Waals surface area contributed by atoms with Crippen LogP contribution in [0.25, 0.3) is 0 Å². The van der Waals surface area contributed by atoms with Crippen LogP contribution < -0.4 is 10.1 Å². The van der Waals surface area contributed by atoms with E-state index in [1.807, 2.05) is 6.92 Å². The first-order chi connectivity index (χ1) is 8.71. The monoisotopic (exact) mass is 250 g/mol. The Morgan fingerprint density at radius 1 is 1.28 bits per heavy atom. The smallest absolute Gasteiger partial charge is 0.160 e. The van der Waals surface area contributed by atoms with E-state index in [0.29, 0.717) is 6.04 Å². The Bertz CT molecular complexity index is 352. The van der Waals surface area contributed by atoms with E-state index in [1.54, 1.807) is 13.3 Å². The average molecular weight is 250 g/mol. The highest BCUT2D eigenvalue weighted by Gasteiger charge is 2.11. The third-order valence-electron chi connectivity index (χ3n) is 3.13. The minimum Gasteiger partial charge on any atom is -0.493 e. The third-order valence-corrected chi connectivity index (χ3v) is 3.13. The van der Waals surface area contributed by atoms with Gasteiger partial charge in [0.1, 0.15) is 0 Å². The molecule has 0 saturated carbocycles. The minimum absolute atomic E-state index is 0.533. The van der Waals surface area contributed by atoms with Crippen molar-refractivity contribution in [2.45, 2.75) is 58.9 Å². The summed E-state index contributed by atoms with van der Waals surface area (Å²) in [5, 5.41) is 3.61. The molecule has 1 unspecified atom stereocenters. The molecule has 0 aromatic carbocycles. The summed E-state index contributed by atoms with van der Waals surface area (Å²) in [6, 6.07) is 2.60. The lowest BCUT2D eigenvalue weighted by atomic mass is 10.0. The summed E-state index contributed by atoms with van der Waals surface area (Å²) in [6.45, 7) is 6.47. The first kappa shape index (κ1) is 14.8. The lowest BCUT2D eigenvalue weighted by Gasteiger charge is -2.21. The van der Waals surface area contributed by atoms with Crippen molar-refractivity contribution in [3.05, 3.63) is 18.0 Å². The van der Waals surface area contributed by atoms with Gasteiger partial charge in [-0.3, -0.25) is 4.98 Å². The molecule has 1 atom stereocenters. The van der Waals surface area contributed by atoms with Crippen LogP contribution in [0.15, 0.2) is 12.3 Å². The quantitative estimate of drug-likeness (QED) is 0.752. The van der Waals surface area contributed by atoms with Crippen molar-refractivity contribution >= 4 is 5.69 Å². The summed E-state index contributed by atoms with van der Waals surface area (Å²) in [5.41, 5.74) is 2.09. The van der Waals surface area contributed by atoms with Crippen LogP contribution in [0.5, 0.6) is 5.75 Å². The minimum atomic E-state index is 0.533. The Hall–Kier alpha value is -1.25. The number of aromatic nitrogens is 1. The van der Waals surface area contributed by atoms with Gasteiger partial charge in [0.25, 0.3) is 0 Å². The molecule has 0 bridgehead atoms. The van der Waals surface area contributed by atoms with E-state index in [4.69, 9.17) is 4.74 Å². The highest BCUT2D eigenvalue weighted by Crippen LogP contribution is 2.26. The Balaban J connectivity index is 2.74. The first-order valence-corrected chi connectivity index (χ1v) is 6.98. The van der Waals surface area contributed by atoms with Crippen molar-refractivity contribution in [1.82, 2.24) is 4.98 Å². The molecule has 0 spiro atoms. The van der Waals surface area contributed by atoms with E-state index in [0.717, 1.165) is 17.1 Å². The molecule has 102 valence electrons. The molecule has 0 aliphatic heterocycles. The van der Waals surface area contributed by atoms with E-state index in [-0.39, 0.29) is 0 Å². The zero-order valence-electron chi connectivity index (χ0n) is 12.1. The molecule has 1 heterocycles. The molecule has 18 heavy (non-hydrogen) atoms. The number of ether oxygens (including phenoxy) is 1. The fraction of sp³-hybridized carbons (Fsp3) is 0.667. The molecule has 1 N–H and O–H groups in total. The van der Waals surface area contributed by atoms with E-state index in [1.165, 1.54) is 32.1 Å². The highest BCUT2D eigenvalue weighted by molar-refractivity contribution is 5.56.